The summed E-state index contributed by atoms with van der Waals surface area (Å²) in [5.74, 6) is 0.870. The highest BCUT2D eigenvalue weighted by atomic mass is 14.8. The summed E-state index contributed by atoms with van der Waals surface area (Å²) in [5.41, 5.74) is 5.41. The fourth-order valence-corrected chi connectivity index (χ4v) is 1.45. The molecule has 2 nitrogen and oxygen atoms in total. The molecule has 0 radical (unpaired) electrons. The molecule has 0 aliphatic heterocycles. The lowest BCUT2D eigenvalue weighted by Crippen LogP contribution is -2.23. The van der Waals surface area contributed by atoms with E-state index in [0.29, 0.717) is 0 Å². The van der Waals surface area contributed by atoms with Gasteiger partial charge in [-0.1, -0.05) is 33.1 Å². The molecule has 0 heterocycles. The van der Waals surface area contributed by atoms with Crippen molar-refractivity contribution in [1.29, 1.82) is 0 Å². The molecule has 0 unspecified atom stereocenters. The minimum absolute atomic E-state index is 0.840. The number of nitrogens with two attached hydrogens (primary N) is 1. The quantitative estimate of drug-likeness (QED) is 0.541. The molecule has 0 aliphatic carbocycles. The molecule has 0 saturated heterocycles. The Kier molecular flexibility index (Phi) is 9.94. The molecule has 0 saturated carbocycles. The molecule has 2 heteroatoms. The summed E-state index contributed by atoms with van der Waals surface area (Å²) in [6.07, 6.45) is 6.31. The topological polar surface area (TPSA) is 38.0 Å². The Labute approximate surface area is 83.3 Å². The van der Waals surface area contributed by atoms with Crippen LogP contribution in [0.4, 0.5) is 0 Å². The molecule has 0 bridgehead atoms. The highest BCUT2D eigenvalue weighted by molar-refractivity contribution is 4.58. The molecule has 0 rings (SSSR count). The Morgan fingerprint density at radius 2 is 1.77 bits per heavy atom. The van der Waals surface area contributed by atoms with E-state index in [2.05, 4.69) is 19.2 Å². The van der Waals surface area contributed by atoms with Crippen LogP contribution in [0, 0.1) is 5.92 Å². The molecule has 13 heavy (non-hydrogen) atoms. The van der Waals surface area contributed by atoms with Gasteiger partial charge in [-0.25, -0.2) is 0 Å². The monoisotopic (exact) mass is 186 g/mol. The Morgan fingerprint density at radius 3 is 2.31 bits per heavy atom. The van der Waals surface area contributed by atoms with Gasteiger partial charge in [0.1, 0.15) is 0 Å². The van der Waals surface area contributed by atoms with Gasteiger partial charge in [0.05, 0.1) is 0 Å². The van der Waals surface area contributed by atoms with Crippen LogP contribution in [0.5, 0.6) is 0 Å². The maximum Gasteiger partial charge on any atom is -0.00207 e. The van der Waals surface area contributed by atoms with E-state index < -0.39 is 0 Å². The van der Waals surface area contributed by atoms with Gasteiger partial charge in [0.25, 0.3) is 0 Å². The zero-order valence-electron chi connectivity index (χ0n) is 9.31. The normalized spacial score (nSPS) is 11.1. The van der Waals surface area contributed by atoms with E-state index in [0.717, 1.165) is 19.0 Å². The second kappa shape index (κ2) is 10.0. The van der Waals surface area contributed by atoms with Gasteiger partial charge in [-0.2, -0.15) is 0 Å². The third-order valence-electron chi connectivity index (χ3n) is 2.65. The SMILES string of the molecule is CCC(CC)CNCCCCCN. The van der Waals surface area contributed by atoms with E-state index in [-0.39, 0.29) is 0 Å². The zero-order chi connectivity index (χ0) is 9.94. The number of nitrogens with one attached hydrogen (secondary N) is 1. The van der Waals surface area contributed by atoms with Crippen LogP contribution in [0.2, 0.25) is 0 Å². The third kappa shape index (κ3) is 8.26. The first kappa shape index (κ1) is 12.9. The van der Waals surface area contributed by atoms with Crippen molar-refractivity contribution >= 4 is 0 Å². The molecule has 0 fully saturated rings. The summed E-state index contributed by atoms with van der Waals surface area (Å²) < 4.78 is 0. The fraction of sp³-hybridized carbons (Fsp3) is 1.00. The van der Waals surface area contributed by atoms with Gasteiger partial charge in [-0.15, -0.1) is 0 Å². The lowest BCUT2D eigenvalue weighted by molar-refractivity contribution is 0.445. The Hall–Kier alpha value is -0.0800. The first-order chi connectivity index (χ1) is 6.35. The van der Waals surface area contributed by atoms with Crippen molar-refractivity contribution in [3.05, 3.63) is 0 Å². The van der Waals surface area contributed by atoms with Crippen molar-refractivity contribution in [3.8, 4) is 0 Å². The van der Waals surface area contributed by atoms with E-state index in [4.69, 9.17) is 5.73 Å². The molecule has 0 aliphatic rings. The van der Waals surface area contributed by atoms with Gasteiger partial charge in [-0.3, -0.25) is 0 Å². The maximum absolute atomic E-state index is 5.41. The van der Waals surface area contributed by atoms with Gasteiger partial charge in [0.2, 0.25) is 0 Å². The van der Waals surface area contributed by atoms with E-state index in [1.165, 1.54) is 38.6 Å². The molecular formula is C11H26N2. The summed E-state index contributed by atoms with van der Waals surface area (Å²) in [6, 6.07) is 0. The van der Waals surface area contributed by atoms with E-state index in [1.54, 1.807) is 0 Å². The van der Waals surface area contributed by atoms with Crippen LogP contribution in [-0.2, 0) is 0 Å². The second-order valence-corrected chi connectivity index (χ2v) is 3.74. The minimum atomic E-state index is 0.840. The van der Waals surface area contributed by atoms with Crippen molar-refractivity contribution in [2.24, 2.45) is 11.7 Å². The highest BCUT2D eigenvalue weighted by Gasteiger charge is 2.00. The third-order valence-corrected chi connectivity index (χ3v) is 2.65. The molecule has 0 aromatic carbocycles. The molecule has 0 aromatic rings. The van der Waals surface area contributed by atoms with Gasteiger partial charge in [-0.05, 0) is 38.4 Å². The van der Waals surface area contributed by atoms with Crippen LogP contribution in [0.15, 0.2) is 0 Å². The predicted octanol–water partition coefficient (Wildman–Crippen LogP) is 2.14. The summed E-state index contributed by atoms with van der Waals surface area (Å²) in [7, 11) is 0. The number of hydrogen-bond acceptors (Lipinski definition) is 2. The van der Waals surface area contributed by atoms with Crippen molar-refractivity contribution in [2.45, 2.75) is 46.0 Å². The largest absolute Gasteiger partial charge is 0.330 e. The summed E-state index contributed by atoms with van der Waals surface area (Å²) in [5, 5.41) is 3.51. The Morgan fingerprint density at radius 1 is 1.08 bits per heavy atom. The first-order valence-corrected chi connectivity index (χ1v) is 5.75. The lowest BCUT2D eigenvalue weighted by Gasteiger charge is -2.12. The van der Waals surface area contributed by atoms with Crippen LogP contribution in [0.1, 0.15) is 46.0 Å². The van der Waals surface area contributed by atoms with Gasteiger partial charge < -0.3 is 11.1 Å². The Bertz CT molecular complexity index is 90.1. The van der Waals surface area contributed by atoms with Crippen LogP contribution < -0.4 is 11.1 Å². The molecule has 0 aromatic heterocycles. The number of rotatable bonds is 9. The van der Waals surface area contributed by atoms with Gasteiger partial charge >= 0.3 is 0 Å². The smallest absolute Gasteiger partial charge is 0.00207 e. The molecule has 0 amide bonds. The van der Waals surface area contributed by atoms with E-state index >= 15 is 0 Å². The first-order valence-electron chi connectivity index (χ1n) is 5.75. The molecule has 0 spiro atoms. The van der Waals surface area contributed by atoms with Gasteiger partial charge in [0, 0.05) is 0 Å². The van der Waals surface area contributed by atoms with Gasteiger partial charge in [0.15, 0.2) is 0 Å². The summed E-state index contributed by atoms with van der Waals surface area (Å²) in [6.45, 7) is 7.73. The zero-order valence-corrected chi connectivity index (χ0v) is 9.31. The van der Waals surface area contributed by atoms with Crippen LogP contribution in [-0.4, -0.2) is 19.6 Å². The van der Waals surface area contributed by atoms with Crippen molar-refractivity contribution in [1.82, 2.24) is 5.32 Å². The molecule has 80 valence electrons. The number of unbranched alkanes of at least 4 members (excludes halogenated alkanes) is 2. The highest BCUT2D eigenvalue weighted by Crippen LogP contribution is 2.04. The van der Waals surface area contributed by atoms with E-state index in [9.17, 15) is 0 Å². The predicted molar refractivity (Wildman–Crippen MR) is 59.8 cm³/mol. The average molecular weight is 186 g/mol. The standard InChI is InChI=1S/C11H26N2/c1-3-11(4-2)10-13-9-7-5-6-8-12/h11,13H,3-10,12H2,1-2H3. The van der Waals surface area contributed by atoms with E-state index in [1.807, 2.05) is 0 Å². The lowest BCUT2D eigenvalue weighted by atomic mass is 10.0. The summed E-state index contributed by atoms with van der Waals surface area (Å²) >= 11 is 0. The van der Waals surface area contributed by atoms with Crippen molar-refractivity contribution < 1.29 is 0 Å². The van der Waals surface area contributed by atoms with Crippen LogP contribution in [0.25, 0.3) is 0 Å². The molecule has 0 atom stereocenters. The average Bonchev–Trinajstić information content (AvgIpc) is 2.17. The maximum atomic E-state index is 5.41. The minimum Gasteiger partial charge on any atom is -0.330 e. The van der Waals surface area contributed by atoms with Crippen molar-refractivity contribution in [3.63, 3.8) is 0 Å². The van der Waals surface area contributed by atoms with Crippen LogP contribution in [0.3, 0.4) is 0 Å². The Balaban J connectivity index is 3.05. The number of hydrogen-bond donors (Lipinski definition) is 2. The fourth-order valence-electron chi connectivity index (χ4n) is 1.45. The molecular weight excluding hydrogens is 160 g/mol. The molecule has 3 N–H and O–H groups in total. The summed E-state index contributed by atoms with van der Waals surface area (Å²) in [4.78, 5) is 0. The van der Waals surface area contributed by atoms with Crippen molar-refractivity contribution in [2.75, 3.05) is 19.6 Å². The second-order valence-electron chi connectivity index (χ2n) is 3.74. The van der Waals surface area contributed by atoms with Crippen LogP contribution >= 0.6 is 0 Å².